The van der Waals surface area contributed by atoms with Crippen LogP contribution in [0.4, 0.5) is 5.95 Å². The van der Waals surface area contributed by atoms with Gasteiger partial charge in [-0.3, -0.25) is 0 Å². The molecule has 0 unspecified atom stereocenters. The Labute approximate surface area is 97.3 Å². The molecule has 0 spiro atoms. The Morgan fingerprint density at radius 2 is 2.40 bits per heavy atom. The van der Waals surface area contributed by atoms with Gasteiger partial charge in [0, 0.05) is 0 Å². The molecule has 1 aromatic heterocycles. The number of aromatic nitrogens is 4. The molecule has 0 aliphatic carbocycles. The van der Waals surface area contributed by atoms with Crippen LogP contribution in [0, 0.1) is 10.1 Å². The maximum Gasteiger partial charge on any atom is 1.00 e. The molecule has 2 N–H and O–H groups in total. The Bertz CT molecular complexity index is 196. The Hall–Kier alpha value is -0.0936. The van der Waals surface area contributed by atoms with E-state index in [9.17, 15) is 10.1 Å². The van der Waals surface area contributed by atoms with Crippen molar-refractivity contribution >= 4 is 5.95 Å². The quantitative estimate of drug-likeness (QED) is 0.264. The summed E-state index contributed by atoms with van der Waals surface area (Å²) >= 11 is 0. The van der Waals surface area contributed by atoms with E-state index in [1.54, 1.807) is 5.43 Å². The molecule has 1 aromatic rings. The van der Waals surface area contributed by atoms with Crippen LogP contribution < -0.4 is 56.8 Å². The molecule has 0 aliphatic heterocycles. The van der Waals surface area contributed by atoms with Crippen LogP contribution in [0.15, 0.2) is 0 Å². The molecule has 10 heavy (non-hydrogen) atoms. The van der Waals surface area contributed by atoms with Crippen molar-refractivity contribution in [2.75, 3.05) is 5.43 Å². The van der Waals surface area contributed by atoms with Crippen LogP contribution in [0.3, 0.4) is 0 Å². The van der Waals surface area contributed by atoms with Crippen LogP contribution in [0.1, 0.15) is 0 Å². The summed E-state index contributed by atoms with van der Waals surface area (Å²) in [5.41, 5.74) is 1.72. The van der Waals surface area contributed by atoms with Gasteiger partial charge in [0.15, 0.2) is 5.03 Å². The molecule has 0 aliphatic rings. The molecule has 1 rings (SSSR count). The molecule has 0 aromatic carbocycles. The summed E-state index contributed by atoms with van der Waals surface area (Å²) in [6.45, 7) is 0. The minimum Gasteiger partial charge on any atom is -0.234 e. The average Bonchev–Trinajstić information content (AvgIpc) is 2.15. The minimum absolute atomic E-state index is 0. The van der Waals surface area contributed by atoms with Gasteiger partial charge in [-0.2, -0.15) is 0 Å². The fourth-order valence-electron chi connectivity index (χ4n) is 0.293. The summed E-state index contributed by atoms with van der Waals surface area (Å²) in [5.74, 6) is -0.0833. The number of anilines is 1. The van der Waals surface area contributed by atoms with E-state index in [-0.39, 0.29) is 57.3 Å². The molecule has 0 radical (unpaired) electrons. The zero-order valence-electron chi connectivity index (χ0n) is 5.11. The van der Waals surface area contributed by atoms with Crippen molar-refractivity contribution < 1.29 is 56.4 Å². The van der Waals surface area contributed by atoms with Crippen molar-refractivity contribution in [2.24, 2.45) is 0 Å². The average molecular weight is 169 g/mol. The third-order valence-electron chi connectivity index (χ3n) is 0.543. The van der Waals surface area contributed by atoms with Gasteiger partial charge in [0.2, 0.25) is 0 Å². The Balaban J connectivity index is 0.000000810. The van der Waals surface area contributed by atoms with Crippen LogP contribution in [0.5, 0.6) is 0 Å². The molecular weight excluding hydrogens is 167 g/mol. The smallest absolute Gasteiger partial charge is 0.234 e. The van der Waals surface area contributed by atoms with Gasteiger partial charge in [-0.25, -0.2) is 15.2 Å². The topological polar surface area (TPSA) is 110 Å². The van der Waals surface area contributed by atoms with Crippen LogP contribution in [-0.2, 0) is 0 Å². The number of rotatable bonds is 2. The van der Waals surface area contributed by atoms with E-state index < -0.39 is 5.03 Å². The van der Waals surface area contributed by atoms with Crippen LogP contribution in [0.25, 0.3) is 0 Å². The van der Waals surface area contributed by atoms with Gasteiger partial charge in [0.25, 0.3) is 0 Å². The zero-order chi connectivity index (χ0) is 6.69. The largest absolute Gasteiger partial charge is 1.00 e. The molecule has 0 saturated carbocycles. The Morgan fingerprint density at radius 3 is 2.80 bits per heavy atom. The first kappa shape index (κ1) is 9.91. The standard InChI is InChI=1S/CH2N6O2.K/c8-7(9)4-1-2-5-6-3-1;/h(H2,2,3,4,5,6);/q;+1. The number of H-pyrrole nitrogens is 1. The van der Waals surface area contributed by atoms with E-state index in [0.29, 0.717) is 0 Å². The number of hydrogen-bond acceptors (Lipinski definition) is 5. The molecule has 0 fully saturated rings. The van der Waals surface area contributed by atoms with E-state index in [1.165, 1.54) is 0 Å². The molecule has 1 heterocycles. The molecule has 0 amide bonds. The van der Waals surface area contributed by atoms with Gasteiger partial charge in [-0.15, -0.1) is 0 Å². The van der Waals surface area contributed by atoms with Crippen molar-refractivity contribution in [3.63, 3.8) is 0 Å². The van der Waals surface area contributed by atoms with Crippen LogP contribution in [-0.4, -0.2) is 25.7 Å². The Morgan fingerprint density at radius 1 is 1.70 bits per heavy atom. The van der Waals surface area contributed by atoms with E-state index in [0.717, 1.165) is 0 Å². The van der Waals surface area contributed by atoms with Crippen molar-refractivity contribution in [3.05, 3.63) is 10.1 Å². The van der Waals surface area contributed by atoms with Gasteiger partial charge in [-0.1, -0.05) is 10.5 Å². The number of aromatic amines is 1. The number of hydrogen-bond donors (Lipinski definition) is 2. The van der Waals surface area contributed by atoms with E-state index in [4.69, 9.17) is 0 Å². The van der Waals surface area contributed by atoms with Gasteiger partial charge >= 0.3 is 57.3 Å². The third-order valence-corrected chi connectivity index (χ3v) is 0.543. The molecular formula is CH2KN6O2+. The predicted octanol–water partition coefficient (Wildman–Crippen LogP) is -4.19. The first-order valence-electron chi connectivity index (χ1n) is 1.94. The first-order chi connectivity index (χ1) is 4.29. The van der Waals surface area contributed by atoms with Crippen LogP contribution >= 0.6 is 0 Å². The van der Waals surface area contributed by atoms with Gasteiger partial charge < -0.3 is 0 Å². The molecule has 48 valence electrons. The zero-order valence-corrected chi connectivity index (χ0v) is 8.23. The normalized spacial score (nSPS) is 8.00. The molecule has 8 nitrogen and oxygen atoms in total. The van der Waals surface area contributed by atoms with E-state index in [1.807, 2.05) is 0 Å². The van der Waals surface area contributed by atoms with Crippen molar-refractivity contribution in [1.29, 1.82) is 0 Å². The summed E-state index contributed by atoms with van der Waals surface area (Å²) < 4.78 is 0. The number of nitrogens with zero attached hydrogens (tertiary/aromatic N) is 4. The molecule has 0 saturated heterocycles. The summed E-state index contributed by atoms with van der Waals surface area (Å²) in [6.07, 6.45) is 0. The van der Waals surface area contributed by atoms with Crippen molar-refractivity contribution in [2.45, 2.75) is 0 Å². The van der Waals surface area contributed by atoms with E-state index >= 15 is 0 Å². The summed E-state index contributed by atoms with van der Waals surface area (Å²) in [5, 5.41) is 20.4. The molecule has 0 atom stereocenters. The third kappa shape index (κ3) is 3.17. The first-order valence-corrected chi connectivity index (χ1v) is 1.94. The maximum absolute atomic E-state index is 9.65. The predicted molar refractivity (Wildman–Crippen MR) is 24.8 cm³/mol. The number of hydrazine groups is 1. The fraction of sp³-hybridized carbons (Fsp3) is 0. The maximum atomic E-state index is 9.65. The summed E-state index contributed by atoms with van der Waals surface area (Å²) in [6, 6.07) is 0. The second kappa shape index (κ2) is 4.68. The summed E-state index contributed by atoms with van der Waals surface area (Å²) in [7, 11) is 0. The van der Waals surface area contributed by atoms with E-state index in [2.05, 4.69) is 20.6 Å². The number of nitro groups is 1. The monoisotopic (exact) mass is 169 g/mol. The van der Waals surface area contributed by atoms with Gasteiger partial charge in [0.05, 0.1) is 0 Å². The second-order valence-electron chi connectivity index (χ2n) is 1.12. The van der Waals surface area contributed by atoms with Crippen molar-refractivity contribution in [3.8, 4) is 0 Å². The second-order valence-corrected chi connectivity index (χ2v) is 1.12. The van der Waals surface area contributed by atoms with Crippen LogP contribution in [0.2, 0.25) is 0 Å². The minimum atomic E-state index is -0.762. The molecule has 9 heteroatoms. The number of tetrazole rings is 1. The van der Waals surface area contributed by atoms with Gasteiger partial charge in [0.1, 0.15) is 0 Å². The van der Waals surface area contributed by atoms with Crippen molar-refractivity contribution in [1.82, 2.24) is 20.6 Å². The number of nitrogens with one attached hydrogen (secondary N) is 2. The molecule has 0 bridgehead atoms. The Kier molecular flexibility index (Phi) is 4.64. The summed E-state index contributed by atoms with van der Waals surface area (Å²) in [4.78, 5) is 9.65. The fourth-order valence-corrected chi connectivity index (χ4v) is 0.293. The van der Waals surface area contributed by atoms with Gasteiger partial charge in [-0.05, 0) is 10.4 Å². The SMILES string of the molecule is O=[N+]([O-])Nc1nnn[nH]1.[K+].